The fourth-order valence-electron chi connectivity index (χ4n) is 2.83. The van der Waals surface area contributed by atoms with E-state index in [9.17, 15) is 0 Å². The van der Waals surface area contributed by atoms with Crippen molar-refractivity contribution in [3.63, 3.8) is 0 Å². The van der Waals surface area contributed by atoms with Gasteiger partial charge >= 0.3 is 0 Å². The van der Waals surface area contributed by atoms with E-state index in [2.05, 4.69) is 21.7 Å². The SMILES string of the molecule is NC(=NC1CCCCC1)N(Cc1ccsc1)C1CC1. The summed E-state index contributed by atoms with van der Waals surface area (Å²) in [5, 5.41) is 4.35. The zero-order chi connectivity index (χ0) is 13.1. The second kappa shape index (κ2) is 5.95. The quantitative estimate of drug-likeness (QED) is 0.677. The minimum absolute atomic E-state index is 0.470. The third-order valence-electron chi connectivity index (χ3n) is 4.10. The van der Waals surface area contributed by atoms with Crippen LogP contribution in [0.1, 0.15) is 50.5 Å². The number of nitrogens with two attached hydrogens (primary N) is 1. The van der Waals surface area contributed by atoms with Gasteiger partial charge in [0.15, 0.2) is 5.96 Å². The Morgan fingerprint density at radius 3 is 2.68 bits per heavy atom. The minimum Gasteiger partial charge on any atom is -0.370 e. The predicted molar refractivity (Wildman–Crippen MR) is 81.4 cm³/mol. The van der Waals surface area contributed by atoms with E-state index >= 15 is 0 Å². The van der Waals surface area contributed by atoms with Crippen LogP contribution in [0.15, 0.2) is 21.8 Å². The third kappa shape index (κ3) is 3.50. The van der Waals surface area contributed by atoms with Crippen molar-refractivity contribution in [2.75, 3.05) is 0 Å². The predicted octanol–water partition coefficient (Wildman–Crippen LogP) is 3.36. The highest BCUT2D eigenvalue weighted by atomic mass is 32.1. The molecule has 0 atom stereocenters. The first-order valence-electron chi connectivity index (χ1n) is 7.44. The molecular formula is C15H23N3S. The number of aliphatic imine (C=N–C) groups is 1. The van der Waals surface area contributed by atoms with Crippen LogP contribution in [-0.4, -0.2) is 22.9 Å². The maximum Gasteiger partial charge on any atom is 0.192 e. The van der Waals surface area contributed by atoms with Gasteiger partial charge in [-0.1, -0.05) is 19.3 Å². The van der Waals surface area contributed by atoms with Crippen LogP contribution < -0.4 is 5.73 Å². The Labute approximate surface area is 119 Å². The maximum atomic E-state index is 6.29. The topological polar surface area (TPSA) is 41.6 Å². The van der Waals surface area contributed by atoms with E-state index in [1.54, 1.807) is 11.3 Å². The average molecular weight is 277 g/mol. The molecule has 0 spiro atoms. The van der Waals surface area contributed by atoms with Crippen molar-refractivity contribution in [1.29, 1.82) is 0 Å². The standard InChI is InChI=1S/C15H23N3S/c16-15(17-13-4-2-1-3-5-13)18(14-6-7-14)10-12-8-9-19-11-12/h8-9,11,13-14H,1-7,10H2,(H2,16,17). The number of guanidine groups is 1. The van der Waals surface area contributed by atoms with Crippen molar-refractivity contribution >= 4 is 17.3 Å². The molecule has 2 fully saturated rings. The van der Waals surface area contributed by atoms with Crippen molar-refractivity contribution < 1.29 is 0 Å². The smallest absolute Gasteiger partial charge is 0.192 e. The van der Waals surface area contributed by atoms with Crippen LogP contribution in [-0.2, 0) is 6.54 Å². The minimum atomic E-state index is 0.470. The van der Waals surface area contributed by atoms with Crippen molar-refractivity contribution in [2.24, 2.45) is 10.7 Å². The fraction of sp³-hybridized carbons (Fsp3) is 0.667. The molecule has 19 heavy (non-hydrogen) atoms. The number of nitrogens with zero attached hydrogens (tertiary/aromatic N) is 2. The highest BCUT2D eigenvalue weighted by molar-refractivity contribution is 7.07. The van der Waals surface area contributed by atoms with Crippen LogP contribution in [0.25, 0.3) is 0 Å². The Morgan fingerprint density at radius 2 is 2.05 bits per heavy atom. The van der Waals surface area contributed by atoms with Gasteiger partial charge in [0.1, 0.15) is 0 Å². The molecule has 1 aromatic heterocycles. The molecule has 1 heterocycles. The molecule has 104 valence electrons. The Bertz CT molecular complexity index is 417. The molecule has 0 radical (unpaired) electrons. The monoisotopic (exact) mass is 277 g/mol. The number of hydrogen-bond donors (Lipinski definition) is 1. The van der Waals surface area contributed by atoms with Crippen molar-refractivity contribution in [3.8, 4) is 0 Å². The lowest BCUT2D eigenvalue weighted by Gasteiger charge is -2.26. The van der Waals surface area contributed by atoms with Gasteiger partial charge in [-0.25, -0.2) is 4.99 Å². The van der Waals surface area contributed by atoms with Crippen LogP contribution in [0.4, 0.5) is 0 Å². The molecule has 0 aliphatic heterocycles. The summed E-state index contributed by atoms with van der Waals surface area (Å²) < 4.78 is 0. The molecule has 2 saturated carbocycles. The summed E-state index contributed by atoms with van der Waals surface area (Å²) in [6.07, 6.45) is 8.98. The summed E-state index contributed by atoms with van der Waals surface area (Å²) in [4.78, 5) is 7.12. The van der Waals surface area contributed by atoms with Crippen LogP contribution >= 0.6 is 11.3 Å². The molecule has 2 N–H and O–H groups in total. The van der Waals surface area contributed by atoms with Crippen molar-refractivity contribution in [3.05, 3.63) is 22.4 Å². The molecule has 0 saturated heterocycles. The summed E-state index contributed by atoms with van der Waals surface area (Å²) in [7, 11) is 0. The second-order valence-corrected chi connectivity index (χ2v) is 6.55. The van der Waals surface area contributed by atoms with E-state index in [-0.39, 0.29) is 0 Å². The zero-order valence-electron chi connectivity index (χ0n) is 11.4. The van der Waals surface area contributed by atoms with Gasteiger partial charge in [0.25, 0.3) is 0 Å². The Balaban J connectivity index is 1.66. The van der Waals surface area contributed by atoms with E-state index in [4.69, 9.17) is 10.7 Å². The van der Waals surface area contributed by atoms with E-state index in [1.165, 1.54) is 50.5 Å². The van der Waals surface area contributed by atoms with Gasteiger partial charge in [-0.05, 0) is 48.1 Å². The number of thiophene rings is 1. The molecule has 3 nitrogen and oxygen atoms in total. The highest BCUT2D eigenvalue weighted by Crippen LogP contribution is 2.29. The molecule has 0 unspecified atom stereocenters. The Kier molecular flexibility index (Phi) is 4.06. The van der Waals surface area contributed by atoms with Crippen LogP contribution in [0.5, 0.6) is 0 Å². The first-order valence-corrected chi connectivity index (χ1v) is 8.38. The van der Waals surface area contributed by atoms with Crippen LogP contribution in [0.2, 0.25) is 0 Å². The molecular weight excluding hydrogens is 254 g/mol. The largest absolute Gasteiger partial charge is 0.370 e. The van der Waals surface area contributed by atoms with Gasteiger partial charge in [-0.3, -0.25) is 0 Å². The summed E-state index contributed by atoms with van der Waals surface area (Å²) >= 11 is 1.75. The van der Waals surface area contributed by atoms with Crippen molar-refractivity contribution in [2.45, 2.75) is 63.6 Å². The van der Waals surface area contributed by atoms with E-state index < -0.39 is 0 Å². The van der Waals surface area contributed by atoms with E-state index in [0.29, 0.717) is 12.1 Å². The summed E-state index contributed by atoms with van der Waals surface area (Å²) in [6, 6.07) is 3.29. The van der Waals surface area contributed by atoms with E-state index in [0.717, 1.165) is 12.5 Å². The van der Waals surface area contributed by atoms with Gasteiger partial charge in [-0.15, -0.1) is 0 Å². The first-order chi connectivity index (χ1) is 9.33. The summed E-state index contributed by atoms with van der Waals surface area (Å²) in [6.45, 7) is 0.927. The first kappa shape index (κ1) is 13.0. The average Bonchev–Trinajstić information content (AvgIpc) is 3.14. The molecule has 0 aromatic carbocycles. The lowest BCUT2D eigenvalue weighted by atomic mass is 9.96. The molecule has 2 aliphatic carbocycles. The number of hydrogen-bond acceptors (Lipinski definition) is 2. The maximum absolute atomic E-state index is 6.29. The van der Waals surface area contributed by atoms with Gasteiger partial charge in [0, 0.05) is 12.6 Å². The molecule has 3 rings (SSSR count). The fourth-order valence-corrected chi connectivity index (χ4v) is 3.49. The zero-order valence-corrected chi connectivity index (χ0v) is 12.2. The molecule has 4 heteroatoms. The molecule has 0 bridgehead atoms. The third-order valence-corrected chi connectivity index (χ3v) is 4.84. The molecule has 1 aromatic rings. The van der Waals surface area contributed by atoms with Gasteiger partial charge < -0.3 is 10.6 Å². The summed E-state index contributed by atoms with van der Waals surface area (Å²) in [5.74, 6) is 0.778. The Hall–Kier alpha value is -1.03. The van der Waals surface area contributed by atoms with E-state index in [1.807, 2.05) is 0 Å². The van der Waals surface area contributed by atoms with Crippen molar-refractivity contribution in [1.82, 2.24) is 4.90 Å². The highest BCUT2D eigenvalue weighted by Gasteiger charge is 2.31. The normalized spacial score (nSPS) is 21.6. The van der Waals surface area contributed by atoms with Gasteiger partial charge in [0.2, 0.25) is 0 Å². The Morgan fingerprint density at radius 1 is 1.26 bits per heavy atom. The van der Waals surface area contributed by atoms with Gasteiger partial charge in [0.05, 0.1) is 6.04 Å². The lowest BCUT2D eigenvalue weighted by molar-refractivity contribution is 0.384. The second-order valence-electron chi connectivity index (χ2n) is 5.77. The molecule has 2 aliphatic rings. The van der Waals surface area contributed by atoms with Crippen LogP contribution in [0.3, 0.4) is 0 Å². The number of rotatable bonds is 4. The lowest BCUT2D eigenvalue weighted by Crippen LogP contribution is -2.39. The molecule has 0 amide bonds. The van der Waals surface area contributed by atoms with Gasteiger partial charge in [-0.2, -0.15) is 11.3 Å². The van der Waals surface area contributed by atoms with Crippen LogP contribution in [0, 0.1) is 0 Å². The summed E-state index contributed by atoms with van der Waals surface area (Å²) in [5.41, 5.74) is 7.65.